The zero-order valence-corrected chi connectivity index (χ0v) is 11.5. The molecule has 1 aromatic carbocycles. The van der Waals surface area contributed by atoms with Crippen LogP contribution in [-0.4, -0.2) is 31.3 Å². The van der Waals surface area contributed by atoms with Crippen LogP contribution in [0.3, 0.4) is 0 Å². The number of hydrogen-bond donors (Lipinski definition) is 1. The number of carboxylic acid groups (broad SMARTS) is 1. The molecular weight excluding hydrogens is 292 g/mol. The van der Waals surface area contributed by atoms with Gasteiger partial charge in [0, 0.05) is 5.02 Å². The van der Waals surface area contributed by atoms with Gasteiger partial charge in [0.25, 0.3) is 10.0 Å². The van der Waals surface area contributed by atoms with Gasteiger partial charge in [0.15, 0.2) is 5.25 Å². The van der Waals surface area contributed by atoms with Crippen LogP contribution >= 0.6 is 11.6 Å². The van der Waals surface area contributed by atoms with Crippen LogP contribution in [0.4, 0.5) is 5.69 Å². The van der Waals surface area contributed by atoms with Crippen molar-refractivity contribution in [1.82, 2.24) is 0 Å². The summed E-state index contributed by atoms with van der Waals surface area (Å²) in [4.78, 5) is 10.8. The molecule has 0 spiro atoms. The summed E-state index contributed by atoms with van der Waals surface area (Å²) in [7, 11) is -4.06. The number of halogens is 1. The second kappa shape index (κ2) is 5.91. The Kier molecular flexibility index (Phi) is 4.75. The number of carboxylic acids is 1. The average Bonchev–Trinajstić information content (AvgIpc) is 2.35. The Morgan fingerprint density at radius 1 is 1.47 bits per heavy atom. The average molecular weight is 303 g/mol. The Labute approximate surface area is 115 Å². The monoisotopic (exact) mass is 302 g/mol. The van der Waals surface area contributed by atoms with E-state index in [1.54, 1.807) is 6.07 Å². The van der Waals surface area contributed by atoms with Crippen LogP contribution in [-0.2, 0) is 14.8 Å². The Balaban J connectivity index is 3.27. The lowest BCUT2D eigenvalue weighted by molar-refractivity contribution is -0.135. The van der Waals surface area contributed by atoms with Gasteiger partial charge in [-0.2, -0.15) is 5.26 Å². The molecule has 8 heteroatoms. The Morgan fingerprint density at radius 3 is 2.42 bits per heavy atom. The molecular formula is C11H11ClN2O4S. The lowest BCUT2D eigenvalue weighted by Gasteiger charge is -2.23. The molecule has 0 aliphatic carbocycles. The molecule has 1 N–H and O–H groups in total. The van der Waals surface area contributed by atoms with Crippen LogP contribution in [0.5, 0.6) is 0 Å². The van der Waals surface area contributed by atoms with Gasteiger partial charge >= 0.3 is 5.97 Å². The summed E-state index contributed by atoms with van der Waals surface area (Å²) >= 11 is 5.69. The molecule has 1 rings (SSSR count). The molecule has 0 radical (unpaired) electrons. The van der Waals surface area contributed by atoms with Crippen molar-refractivity contribution in [3.05, 3.63) is 29.3 Å². The van der Waals surface area contributed by atoms with E-state index in [4.69, 9.17) is 22.0 Å². The van der Waals surface area contributed by atoms with Crippen LogP contribution in [0.1, 0.15) is 6.92 Å². The van der Waals surface area contributed by atoms with Gasteiger partial charge < -0.3 is 5.11 Å². The lowest BCUT2D eigenvalue weighted by atomic mass is 10.3. The van der Waals surface area contributed by atoms with Crippen LogP contribution in [0.15, 0.2) is 24.3 Å². The fourth-order valence-electron chi connectivity index (χ4n) is 1.32. The van der Waals surface area contributed by atoms with E-state index in [2.05, 4.69) is 0 Å². The maximum atomic E-state index is 12.1. The van der Waals surface area contributed by atoms with Crippen LogP contribution in [0, 0.1) is 11.3 Å². The number of nitriles is 1. The zero-order chi connectivity index (χ0) is 14.6. The van der Waals surface area contributed by atoms with Gasteiger partial charge in [0.2, 0.25) is 0 Å². The smallest absolute Gasteiger partial charge is 0.324 e. The lowest BCUT2D eigenvalue weighted by Crippen LogP contribution is -2.40. The number of hydrogen-bond acceptors (Lipinski definition) is 4. The third-order valence-electron chi connectivity index (χ3n) is 2.33. The minimum Gasteiger partial charge on any atom is -0.480 e. The molecule has 0 amide bonds. The SMILES string of the molecule is CC(C#N)S(=O)(=O)N(CC(=O)O)c1ccc(Cl)cc1. The van der Waals surface area contributed by atoms with Gasteiger partial charge in [-0.1, -0.05) is 11.6 Å². The fraction of sp³-hybridized carbons (Fsp3) is 0.273. The molecule has 0 saturated carbocycles. The van der Waals surface area contributed by atoms with Crippen LogP contribution in [0.2, 0.25) is 5.02 Å². The van der Waals surface area contributed by atoms with Crippen molar-refractivity contribution < 1.29 is 18.3 Å². The van der Waals surface area contributed by atoms with Crippen LogP contribution < -0.4 is 4.31 Å². The molecule has 0 aromatic heterocycles. The van der Waals surface area contributed by atoms with Gasteiger partial charge in [0.05, 0.1) is 11.8 Å². The first-order valence-electron chi connectivity index (χ1n) is 5.17. The van der Waals surface area contributed by atoms with Gasteiger partial charge in [0.1, 0.15) is 6.54 Å². The second-order valence-corrected chi connectivity index (χ2v) is 6.31. The standard InChI is InChI=1S/C11H11ClN2O4S/c1-8(6-13)19(17,18)14(7-11(15)16)10-4-2-9(12)3-5-10/h2-5,8H,7H2,1H3,(H,15,16). The summed E-state index contributed by atoms with van der Waals surface area (Å²) in [6, 6.07) is 7.24. The van der Waals surface area contributed by atoms with Crippen molar-refractivity contribution in [1.29, 1.82) is 5.26 Å². The predicted octanol–water partition coefficient (Wildman–Crippen LogP) is 1.47. The van der Waals surface area contributed by atoms with Crippen molar-refractivity contribution in [3.63, 3.8) is 0 Å². The maximum Gasteiger partial charge on any atom is 0.324 e. The topological polar surface area (TPSA) is 98.5 Å². The highest BCUT2D eigenvalue weighted by atomic mass is 35.5. The molecule has 6 nitrogen and oxygen atoms in total. The molecule has 19 heavy (non-hydrogen) atoms. The molecule has 1 unspecified atom stereocenters. The van der Waals surface area contributed by atoms with Crippen molar-refractivity contribution in [2.24, 2.45) is 0 Å². The molecule has 1 atom stereocenters. The van der Waals surface area contributed by atoms with Crippen molar-refractivity contribution in [2.45, 2.75) is 12.2 Å². The molecule has 0 saturated heterocycles. The summed E-state index contributed by atoms with van der Waals surface area (Å²) in [6.45, 7) is 0.441. The second-order valence-electron chi connectivity index (χ2n) is 3.69. The number of rotatable bonds is 5. The van der Waals surface area contributed by atoms with E-state index >= 15 is 0 Å². The summed E-state index contributed by atoms with van der Waals surface area (Å²) in [5.74, 6) is -1.32. The summed E-state index contributed by atoms with van der Waals surface area (Å²) in [5, 5.41) is 16.6. The first-order valence-corrected chi connectivity index (χ1v) is 7.05. The van der Waals surface area contributed by atoms with Gasteiger partial charge in [-0.3, -0.25) is 9.10 Å². The first kappa shape index (κ1) is 15.3. The first-order chi connectivity index (χ1) is 8.78. The molecule has 0 fully saturated rings. The molecule has 102 valence electrons. The quantitative estimate of drug-likeness (QED) is 0.888. The van der Waals surface area contributed by atoms with E-state index < -0.39 is 27.8 Å². The summed E-state index contributed by atoms with van der Waals surface area (Å²) < 4.78 is 24.9. The van der Waals surface area contributed by atoms with E-state index in [9.17, 15) is 13.2 Å². The van der Waals surface area contributed by atoms with E-state index in [1.165, 1.54) is 31.2 Å². The van der Waals surface area contributed by atoms with E-state index in [-0.39, 0.29) is 5.69 Å². The van der Waals surface area contributed by atoms with E-state index in [0.717, 1.165) is 0 Å². The van der Waals surface area contributed by atoms with Gasteiger partial charge in [-0.05, 0) is 31.2 Å². The molecule has 0 aliphatic rings. The number of anilines is 1. The third kappa shape index (κ3) is 3.59. The van der Waals surface area contributed by atoms with Crippen molar-refractivity contribution >= 4 is 33.3 Å². The Hall–Kier alpha value is -1.78. The Morgan fingerprint density at radius 2 is 2.00 bits per heavy atom. The minimum absolute atomic E-state index is 0.147. The highest BCUT2D eigenvalue weighted by Gasteiger charge is 2.30. The largest absolute Gasteiger partial charge is 0.480 e. The van der Waals surface area contributed by atoms with E-state index in [1.807, 2.05) is 0 Å². The van der Waals surface area contributed by atoms with Gasteiger partial charge in [-0.15, -0.1) is 0 Å². The highest BCUT2D eigenvalue weighted by molar-refractivity contribution is 7.93. The zero-order valence-electron chi connectivity index (χ0n) is 9.95. The molecule has 0 aliphatic heterocycles. The summed E-state index contributed by atoms with van der Waals surface area (Å²) in [5.41, 5.74) is 0.147. The number of nitrogens with zero attached hydrogens (tertiary/aromatic N) is 2. The van der Waals surface area contributed by atoms with E-state index in [0.29, 0.717) is 9.33 Å². The summed E-state index contributed by atoms with van der Waals surface area (Å²) in [6.07, 6.45) is 0. The molecule has 0 bridgehead atoms. The van der Waals surface area contributed by atoms with Crippen molar-refractivity contribution in [3.8, 4) is 6.07 Å². The molecule has 1 aromatic rings. The normalized spacial score (nSPS) is 12.5. The number of aliphatic carboxylic acids is 1. The Bertz CT molecular complexity index is 607. The predicted molar refractivity (Wildman–Crippen MR) is 70.4 cm³/mol. The molecule has 0 heterocycles. The minimum atomic E-state index is -4.06. The van der Waals surface area contributed by atoms with Gasteiger partial charge in [-0.25, -0.2) is 8.42 Å². The van der Waals surface area contributed by atoms with Crippen molar-refractivity contribution in [2.75, 3.05) is 10.8 Å². The maximum absolute atomic E-state index is 12.1. The number of sulfonamides is 1. The number of benzene rings is 1. The highest BCUT2D eigenvalue weighted by Crippen LogP contribution is 2.22. The number of carbonyl (C=O) groups is 1. The third-order valence-corrected chi connectivity index (χ3v) is 4.53. The van der Waals surface area contributed by atoms with Crippen LogP contribution in [0.25, 0.3) is 0 Å². The fourth-order valence-corrected chi connectivity index (χ4v) is 2.66.